The molecule has 0 aromatic rings. The molecule has 1 rings (SSSR count). The molecular formula is C12H24N2O3. The van der Waals surface area contributed by atoms with Crippen LogP contribution in [0.25, 0.3) is 0 Å². The van der Waals surface area contributed by atoms with Gasteiger partial charge in [0.2, 0.25) is 5.91 Å². The van der Waals surface area contributed by atoms with Gasteiger partial charge in [-0.15, -0.1) is 0 Å². The third-order valence-electron chi connectivity index (χ3n) is 3.15. The minimum absolute atomic E-state index is 0.0271. The van der Waals surface area contributed by atoms with Gasteiger partial charge >= 0.3 is 0 Å². The van der Waals surface area contributed by atoms with E-state index >= 15 is 0 Å². The number of likely N-dealkylation sites (N-methyl/N-ethyl adjacent to an activating group) is 1. The van der Waals surface area contributed by atoms with Crippen LogP contribution in [0.1, 0.15) is 19.8 Å². The van der Waals surface area contributed by atoms with E-state index in [1.54, 1.807) is 11.9 Å². The fourth-order valence-corrected chi connectivity index (χ4v) is 2.04. The fraction of sp³-hybridized carbons (Fsp3) is 0.917. The van der Waals surface area contributed by atoms with Gasteiger partial charge in [0.05, 0.1) is 25.9 Å². The molecule has 1 saturated heterocycles. The zero-order chi connectivity index (χ0) is 12.7. The van der Waals surface area contributed by atoms with Gasteiger partial charge in [-0.05, 0) is 25.3 Å². The molecule has 1 aliphatic heterocycles. The molecule has 0 aromatic carbocycles. The first-order valence-corrected chi connectivity index (χ1v) is 6.32. The first-order valence-electron chi connectivity index (χ1n) is 6.32. The minimum Gasteiger partial charge on any atom is -0.394 e. The van der Waals surface area contributed by atoms with Gasteiger partial charge < -0.3 is 20.1 Å². The molecule has 0 saturated carbocycles. The molecule has 5 nitrogen and oxygen atoms in total. The lowest BCUT2D eigenvalue weighted by molar-refractivity contribution is -0.133. The summed E-state index contributed by atoms with van der Waals surface area (Å²) in [7, 11) is 1.80. The van der Waals surface area contributed by atoms with Crippen molar-refractivity contribution in [1.29, 1.82) is 0 Å². The Bertz CT molecular complexity index is 236. The van der Waals surface area contributed by atoms with E-state index in [9.17, 15) is 4.79 Å². The van der Waals surface area contributed by atoms with E-state index in [1.807, 2.05) is 0 Å². The topological polar surface area (TPSA) is 61.8 Å². The van der Waals surface area contributed by atoms with Crippen LogP contribution in [0, 0.1) is 5.92 Å². The number of piperidine rings is 1. The van der Waals surface area contributed by atoms with E-state index < -0.39 is 0 Å². The third kappa shape index (κ3) is 5.02. The van der Waals surface area contributed by atoms with Gasteiger partial charge in [0.1, 0.15) is 0 Å². The van der Waals surface area contributed by atoms with Crippen LogP contribution in [-0.2, 0) is 9.53 Å². The molecule has 1 heterocycles. The van der Waals surface area contributed by atoms with Crippen LogP contribution < -0.4 is 5.32 Å². The minimum atomic E-state index is -0.0402. The molecule has 2 N–H and O–H groups in total. The summed E-state index contributed by atoms with van der Waals surface area (Å²) < 4.78 is 5.15. The molecule has 2 unspecified atom stereocenters. The number of ether oxygens (including phenoxy) is 1. The number of hydrogen-bond acceptors (Lipinski definition) is 4. The van der Waals surface area contributed by atoms with Crippen LogP contribution in [0.4, 0.5) is 0 Å². The number of rotatable bonds is 6. The highest BCUT2D eigenvalue weighted by molar-refractivity contribution is 5.81. The zero-order valence-corrected chi connectivity index (χ0v) is 10.8. The normalized spacial score (nSPS) is 24.6. The molecule has 1 amide bonds. The van der Waals surface area contributed by atoms with Gasteiger partial charge in [-0.2, -0.15) is 0 Å². The molecule has 100 valence electrons. The quantitative estimate of drug-likeness (QED) is 0.638. The van der Waals surface area contributed by atoms with Crippen molar-refractivity contribution in [3.8, 4) is 0 Å². The molecule has 0 bridgehead atoms. The maximum Gasteiger partial charge on any atom is 0.239 e. The van der Waals surface area contributed by atoms with E-state index in [4.69, 9.17) is 9.84 Å². The summed E-state index contributed by atoms with van der Waals surface area (Å²) >= 11 is 0. The Morgan fingerprint density at radius 3 is 2.94 bits per heavy atom. The summed E-state index contributed by atoms with van der Waals surface area (Å²) in [6.45, 7) is 4.52. The van der Waals surface area contributed by atoms with Crippen molar-refractivity contribution in [3.05, 3.63) is 0 Å². The Labute approximate surface area is 103 Å². The summed E-state index contributed by atoms with van der Waals surface area (Å²) in [6, 6.07) is -0.0402. The zero-order valence-electron chi connectivity index (χ0n) is 10.8. The van der Waals surface area contributed by atoms with Crippen molar-refractivity contribution in [1.82, 2.24) is 10.2 Å². The molecule has 0 aromatic heterocycles. The van der Waals surface area contributed by atoms with Crippen molar-refractivity contribution in [2.75, 3.05) is 40.0 Å². The van der Waals surface area contributed by atoms with Crippen LogP contribution >= 0.6 is 0 Å². The Morgan fingerprint density at radius 1 is 1.53 bits per heavy atom. The lowest BCUT2D eigenvalue weighted by atomic mass is 9.93. The molecule has 1 fully saturated rings. The molecule has 1 aliphatic rings. The first-order chi connectivity index (χ1) is 8.15. The van der Waals surface area contributed by atoms with Crippen molar-refractivity contribution >= 4 is 5.91 Å². The maximum absolute atomic E-state index is 12.1. The molecule has 2 atom stereocenters. The summed E-state index contributed by atoms with van der Waals surface area (Å²) in [5, 5.41) is 11.8. The number of aliphatic hydroxyl groups excluding tert-OH is 1. The van der Waals surface area contributed by atoms with E-state index in [-0.39, 0.29) is 18.6 Å². The molecular weight excluding hydrogens is 220 g/mol. The smallest absolute Gasteiger partial charge is 0.239 e. The Kier molecular flexibility index (Phi) is 6.47. The number of amides is 1. The van der Waals surface area contributed by atoms with Gasteiger partial charge in [-0.25, -0.2) is 0 Å². The second-order valence-electron chi connectivity index (χ2n) is 4.73. The second kappa shape index (κ2) is 7.63. The third-order valence-corrected chi connectivity index (χ3v) is 3.15. The lowest BCUT2D eigenvalue weighted by Gasteiger charge is -2.30. The number of nitrogens with one attached hydrogen (secondary N) is 1. The van der Waals surface area contributed by atoms with Crippen LogP contribution in [0.2, 0.25) is 0 Å². The summed E-state index contributed by atoms with van der Waals surface area (Å²) in [5.41, 5.74) is 0. The summed E-state index contributed by atoms with van der Waals surface area (Å²) in [5.74, 6) is 0.758. The maximum atomic E-state index is 12.1. The SMILES string of the molecule is CC1CCNC(C(=O)N(C)CCOCCO)C1. The number of carbonyl (C=O) groups excluding carboxylic acids is 1. The molecule has 0 radical (unpaired) electrons. The van der Waals surface area contributed by atoms with Crippen molar-refractivity contribution in [2.45, 2.75) is 25.8 Å². The number of aliphatic hydroxyl groups is 1. The standard InChI is InChI=1S/C12H24N2O3/c1-10-3-4-13-11(9-10)12(16)14(2)5-7-17-8-6-15/h10-11,13,15H,3-9H2,1-2H3. The van der Waals surface area contributed by atoms with Crippen molar-refractivity contribution in [3.63, 3.8) is 0 Å². The second-order valence-corrected chi connectivity index (χ2v) is 4.73. The average Bonchev–Trinajstić information content (AvgIpc) is 2.33. The summed E-state index contributed by atoms with van der Waals surface area (Å²) in [4.78, 5) is 13.8. The van der Waals surface area contributed by atoms with Crippen LogP contribution in [0.5, 0.6) is 0 Å². The highest BCUT2D eigenvalue weighted by atomic mass is 16.5. The Hall–Kier alpha value is -0.650. The van der Waals surface area contributed by atoms with E-state index in [0.29, 0.717) is 25.7 Å². The van der Waals surface area contributed by atoms with Crippen molar-refractivity contribution in [2.24, 2.45) is 5.92 Å². The average molecular weight is 244 g/mol. The fourth-order valence-electron chi connectivity index (χ4n) is 2.04. The van der Waals surface area contributed by atoms with Gasteiger partial charge in [-0.3, -0.25) is 4.79 Å². The van der Waals surface area contributed by atoms with Crippen molar-refractivity contribution < 1.29 is 14.6 Å². The predicted molar refractivity (Wildman–Crippen MR) is 65.7 cm³/mol. The highest BCUT2D eigenvalue weighted by Crippen LogP contribution is 2.16. The van der Waals surface area contributed by atoms with Gasteiger partial charge in [0.25, 0.3) is 0 Å². The van der Waals surface area contributed by atoms with Crippen LogP contribution in [-0.4, -0.2) is 61.9 Å². The summed E-state index contributed by atoms with van der Waals surface area (Å²) in [6.07, 6.45) is 2.06. The molecule has 5 heteroatoms. The Morgan fingerprint density at radius 2 is 2.29 bits per heavy atom. The molecule has 0 spiro atoms. The largest absolute Gasteiger partial charge is 0.394 e. The number of nitrogens with zero attached hydrogens (tertiary/aromatic N) is 1. The van der Waals surface area contributed by atoms with Crippen LogP contribution in [0.15, 0.2) is 0 Å². The number of hydrogen-bond donors (Lipinski definition) is 2. The van der Waals surface area contributed by atoms with E-state index in [2.05, 4.69) is 12.2 Å². The predicted octanol–water partition coefficient (Wildman–Crippen LogP) is -0.158. The van der Waals surface area contributed by atoms with Gasteiger partial charge in [-0.1, -0.05) is 6.92 Å². The number of carbonyl (C=O) groups is 1. The monoisotopic (exact) mass is 244 g/mol. The lowest BCUT2D eigenvalue weighted by Crippen LogP contribution is -2.49. The molecule has 0 aliphatic carbocycles. The first kappa shape index (κ1) is 14.4. The van der Waals surface area contributed by atoms with E-state index in [1.165, 1.54) is 0 Å². The van der Waals surface area contributed by atoms with E-state index in [0.717, 1.165) is 19.4 Å². The van der Waals surface area contributed by atoms with Gasteiger partial charge in [0.15, 0.2) is 0 Å². The Balaban J connectivity index is 2.25. The van der Waals surface area contributed by atoms with Crippen LogP contribution in [0.3, 0.4) is 0 Å². The van der Waals surface area contributed by atoms with Gasteiger partial charge in [0, 0.05) is 13.6 Å². The molecule has 17 heavy (non-hydrogen) atoms. The highest BCUT2D eigenvalue weighted by Gasteiger charge is 2.26.